The molecule has 0 aromatic heterocycles. The second kappa shape index (κ2) is 14.3. The van der Waals surface area contributed by atoms with Gasteiger partial charge in [0.15, 0.2) is 0 Å². The lowest BCUT2D eigenvalue weighted by atomic mass is 9.70. The molecule has 0 aromatic carbocycles. The van der Waals surface area contributed by atoms with Crippen molar-refractivity contribution < 1.29 is 19.1 Å². The normalized spacial score (nSPS) is 16.9. The molecular weight excluding hydrogens is 428 g/mol. The van der Waals surface area contributed by atoms with Gasteiger partial charge in [-0.1, -0.05) is 55.4 Å². The van der Waals surface area contributed by atoms with Crippen molar-refractivity contribution in [3.8, 4) is 12.1 Å². The predicted octanol–water partition coefficient (Wildman–Crippen LogP) is 6.83. The first-order valence-electron chi connectivity index (χ1n) is 13.0. The van der Waals surface area contributed by atoms with E-state index in [2.05, 4.69) is 12.1 Å². The number of hydrogen-bond donors (Lipinski definition) is 0. The third-order valence-electron chi connectivity index (χ3n) is 8.07. The van der Waals surface area contributed by atoms with Crippen LogP contribution in [0.25, 0.3) is 0 Å². The minimum absolute atomic E-state index is 0.00124. The monoisotopic (exact) mass is 476 g/mol. The fraction of sp³-hybridized carbons (Fsp3) is 0.857. The highest BCUT2D eigenvalue weighted by Gasteiger charge is 2.45. The summed E-state index contributed by atoms with van der Waals surface area (Å²) in [6, 6.07) is 4.77. The van der Waals surface area contributed by atoms with Crippen molar-refractivity contribution in [1.29, 1.82) is 10.5 Å². The van der Waals surface area contributed by atoms with E-state index in [1.165, 1.54) is 0 Å². The molecule has 0 aromatic rings. The Morgan fingerprint density at radius 1 is 0.676 bits per heavy atom. The molecule has 0 N–H and O–H groups in total. The van der Waals surface area contributed by atoms with Gasteiger partial charge >= 0.3 is 11.9 Å². The van der Waals surface area contributed by atoms with Crippen LogP contribution in [-0.2, 0) is 19.1 Å². The van der Waals surface area contributed by atoms with Crippen LogP contribution >= 0.6 is 0 Å². The highest BCUT2D eigenvalue weighted by Crippen LogP contribution is 2.40. The van der Waals surface area contributed by atoms with E-state index < -0.39 is 35.0 Å². The number of rotatable bonds is 15. The summed E-state index contributed by atoms with van der Waals surface area (Å²) in [6.45, 7) is 19.7. The van der Waals surface area contributed by atoms with Crippen molar-refractivity contribution in [2.45, 2.75) is 120 Å². The van der Waals surface area contributed by atoms with Crippen molar-refractivity contribution in [2.24, 2.45) is 34.5 Å². The first-order chi connectivity index (χ1) is 15.8. The van der Waals surface area contributed by atoms with Crippen molar-refractivity contribution in [1.82, 2.24) is 0 Å². The van der Waals surface area contributed by atoms with Gasteiger partial charge in [0.05, 0.1) is 35.8 Å². The molecule has 0 aliphatic rings. The Bertz CT molecular complexity index is 666. The van der Waals surface area contributed by atoms with Crippen molar-refractivity contribution in [2.75, 3.05) is 0 Å². The van der Waals surface area contributed by atoms with Crippen molar-refractivity contribution in [3.05, 3.63) is 0 Å². The second-order valence-electron chi connectivity index (χ2n) is 10.6. The largest absolute Gasteiger partial charge is 0.460 e. The number of ether oxygens (including phenoxy) is 2. The van der Waals surface area contributed by atoms with E-state index in [1.54, 1.807) is 0 Å². The van der Waals surface area contributed by atoms with Crippen LogP contribution in [-0.4, -0.2) is 24.1 Å². The van der Waals surface area contributed by atoms with Crippen LogP contribution in [0.2, 0.25) is 0 Å². The third kappa shape index (κ3) is 7.72. The van der Waals surface area contributed by atoms with E-state index in [0.29, 0.717) is 0 Å². The second-order valence-corrected chi connectivity index (χ2v) is 10.6. The Balaban J connectivity index is 5.52. The Morgan fingerprint density at radius 2 is 0.941 bits per heavy atom. The topological polar surface area (TPSA) is 100 Å². The predicted molar refractivity (Wildman–Crippen MR) is 134 cm³/mol. The van der Waals surface area contributed by atoms with Gasteiger partial charge in [-0.05, 0) is 63.2 Å². The first-order valence-corrected chi connectivity index (χ1v) is 13.0. The lowest BCUT2D eigenvalue weighted by molar-refractivity contribution is -0.167. The average molecular weight is 477 g/mol. The summed E-state index contributed by atoms with van der Waals surface area (Å²) < 4.78 is 11.7. The molecule has 0 bridgehead atoms. The molecule has 34 heavy (non-hydrogen) atoms. The molecule has 0 spiro atoms. The minimum atomic E-state index is -0.820. The maximum atomic E-state index is 12.8. The molecule has 0 aliphatic heterocycles. The van der Waals surface area contributed by atoms with Crippen LogP contribution in [0.3, 0.4) is 0 Å². The molecule has 6 heteroatoms. The Kier molecular flexibility index (Phi) is 13.5. The molecular formula is C28H48N2O4. The number of carbonyl (C=O) groups excluding carboxylic acids is 2. The van der Waals surface area contributed by atoms with Gasteiger partial charge in [-0.15, -0.1) is 0 Å². The Hall–Kier alpha value is -2.08. The van der Waals surface area contributed by atoms with Gasteiger partial charge in [0.2, 0.25) is 0 Å². The number of nitriles is 2. The average Bonchev–Trinajstić information content (AvgIpc) is 2.81. The van der Waals surface area contributed by atoms with Crippen LogP contribution in [0.4, 0.5) is 0 Å². The fourth-order valence-corrected chi connectivity index (χ4v) is 4.50. The molecule has 0 heterocycles. The van der Waals surface area contributed by atoms with Crippen LogP contribution < -0.4 is 0 Å². The van der Waals surface area contributed by atoms with Crippen LogP contribution in [0, 0.1) is 57.2 Å². The summed E-state index contributed by atoms with van der Waals surface area (Å²) in [5.74, 6) is -0.874. The zero-order valence-electron chi connectivity index (χ0n) is 23.2. The number of hydrogen-bond acceptors (Lipinski definition) is 6. The summed E-state index contributed by atoms with van der Waals surface area (Å²) in [6.07, 6.45) is 1.84. The quantitative estimate of drug-likeness (QED) is 0.240. The Labute approximate surface area is 208 Å². The third-order valence-corrected chi connectivity index (χ3v) is 8.07. The van der Waals surface area contributed by atoms with Gasteiger partial charge in [-0.3, -0.25) is 9.59 Å². The first kappa shape index (κ1) is 31.9. The van der Waals surface area contributed by atoms with Crippen molar-refractivity contribution >= 4 is 11.9 Å². The zero-order chi connectivity index (χ0) is 26.7. The van der Waals surface area contributed by atoms with Crippen LogP contribution in [0.15, 0.2) is 0 Å². The van der Waals surface area contributed by atoms with E-state index in [9.17, 15) is 20.1 Å². The fourth-order valence-electron chi connectivity index (χ4n) is 4.50. The van der Waals surface area contributed by atoms with E-state index >= 15 is 0 Å². The maximum absolute atomic E-state index is 12.8. The minimum Gasteiger partial charge on any atom is -0.460 e. The van der Waals surface area contributed by atoms with Gasteiger partial charge < -0.3 is 9.47 Å². The van der Waals surface area contributed by atoms with Gasteiger partial charge in [0, 0.05) is 0 Å². The highest BCUT2D eigenvalue weighted by molar-refractivity contribution is 5.78. The van der Waals surface area contributed by atoms with E-state index in [-0.39, 0.29) is 36.5 Å². The number of nitrogens with zero attached hydrogens (tertiary/aromatic N) is 2. The smallest absolute Gasteiger partial charge is 0.306 e. The van der Waals surface area contributed by atoms with Crippen LogP contribution in [0.5, 0.6) is 0 Å². The maximum Gasteiger partial charge on any atom is 0.306 e. The van der Waals surface area contributed by atoms with Gasteiger partial charge in [0.1, 0.15) is 12.2 Å². The van der Waals surface area contributed by atoms with Gasteiger partial charge in [-0.25, -0.2) is 0 Å². The molecule has 4 unspecified atom stereocenters. The molecule has 0 amide bonds. The van der Waals surface area contributed by atoms with E-state index in [0.717, 1.165) is 25.7 Å². The molecule has 0 saturated heterocycles. The highest BCUT2D eigenvalue weighted by atomic mass is 16.6. The molecule has 194 valence electrons. The molecule has 0 fully saturated rings. The number of carbonyl (C=O) groups is 2. The summed E-state index contributed by atoms with van der Waals surface area (Å²) in [7, 11) is 0. The van der Waals surface area contributed by atoms with Gasteiger partial charge in [0.25, 0.3) is 0 Å². The van der Waals surface area contributed by atoms with E-state index in [1.807, 2.05) is 69.2 Å². The number of esters is 2. The lowest BCUT2D eigenvalue weighted by Crippen LogP contribution is -2.44. The van der Waals surface area contributed by atoms with E-state index in [4.69, 9.17) is 9.47 Å². The summed E-state index contributed by atoms with van der Waals surface area (Å²) >= 11 is 0. The lowest BCUT2D eigenvalue weighted by Gasteiger charge is -2.39. The molecule has 6 nitrogen and oxygen atoms in total. The Morgan fingerprint density at radius 3 is 1.12 bits per heavy atom. The zero-order valence-corrected chi connectivity index (χ0v) is 23.2. The molecule has 0 aliphatic carbocycles. The molecule has 0 radical (unpaired) electrons. The molecule has 4 atom stereocenters. The summed E-state index contributed by atoms with van der Waals surface area (Å²) in [4.78, 5) is 25.6. The summed E-state index contributed by atoms with van der Waals surface area (Å²) in [5.41, 5.74) is -1.64. The molecule has 0 rings (SSSR count). The van der Waals surface area contributed by atoms with Gasteiger partial charge in [-0.2, -0.15) is 10.5 Å². The van der Waals surface area contributed by atoms with Crippen molar-refractivity contribution in [3.63, 3.8) is 0 Å². The standard InChI is InChI=1S/C28H48N2O4/c1-11-21(12-2)25(27(9,17-29)19(5)6)33-23(31)15-16-24(32)34-26(22(13-3)14-4)28(10,18-30)20(7)8/h19-22,25-26H,11-16H2,1-10H3. The summed E-state index contributed by atoms with van der Waals surface area (Å²) in [5, 5.41) is 19.8. The molecule has 0 saturated carbocycles. The SMILES string of the molecule is CCC(CC)C(OC(=O)CCC(=O)OC(C(CC)CC)C(C)(C#N)C(C)C)C(C)(C#N)C(C)C. The van der Waals surface area contributed by atoms with Crippen LogP contribution in [0.1, 0.15) is 108 Å².